The van der Waals surface area contributed by atoms with Crippen molar-refractivity contribution < 1.29 is 27.6 Å². The summed E-state index contributed by atoms with van der Waals surface area (Å²) in [6.07, 6.45) is 1.26. The standard InChI is InChI=1S/C9H12N2O6S/c12-9(13)8-5-16-4-2-11(8)18(14,15)6-7-1-3-17-10-7/h1,3,8H,2,4-6H2,(H,12,13). The van der Waals surface area contributed by atoms with Crippen LogP contribution in [0.15, 0.2) is 16.9 Å². The number of hydrogen-bond donors (Lipinski definition) is 1. The number of carboxylic acids is 1. The van der Waals surface area contributed by atoms with Gasteiger partial charge in [0.15, 0.2) is 0 Å². The van der Waals surface area contributed by atoms with Gasteiger partial charge < -0.3 is 14.4 Å². The molecule has 0 saturated carbocycles. The fourth-order valence-electron chi connectivity index (χ4n) is 1.70. The van der Waals surface area contributed by atoms with E-state index in [2.05, 4.69) is 9.68 Å². The summed E-state index contributed by atoms with van der Waals surface area (Å²) in [6, 6.07) is 0.240. The van der Waals surface area contributed by atoms with E-state index in [1.54, 1.807) is 0 Å². The molecule has 2 heterocycles. The highest BCUT2D eigenvalue weighted by Crippen LogP contribution is 2.16. The molecule has 18 heavy (non-hydrogen) atoms. The summed E-state index contributed by atoms with van der Waals surface area (Å²) in [7, 11) is -3.75. The molecule has 1 N–H and O–H groups in total. The maximum Gasteiger partial charge on any atom is 0.324 e. The predicted molar refractivity (Wildman–Crippen MR) is 58.1 cm³/mol. The van der Waals surface area contributed by atoms with Crippen molar-refractivity contribution >= 4 is 16.0 Å². The Morgan fingerprint density at radius 2 is 2.39 bits per heavy atom. The Morgan fingerprint density at radius 3 is 3.00 bits per heavy atom. The number of nitrogens with zero attached hydrogens (tertiary/aromatic N) is 2. The van der Waals surface area contributed by atoms with Crippen molar-refractivity contribution in [1.29, 1.82) is 0 Å². The molecule has 0 bridgehead atoms. The molecule has 0 radical (unpaired) electrons. The van der Waals surface area contributed by atoms with E-state index in [0.29, 0.717) is 0 Å². The van der Waals surface area contributed by atoms with Gasteiger partial charge in [-0.1, -0.05) is 5.16 Å². The number of carboxylic acid groups (broad SMARTS) is 1. The van der Waals surface area contributed by atoms with Crippen LogP contribution in [0.3, 0.4) is 0 Å². The van der Waals surface area contributed by atoms with Gasteiger partial charge in [0.1, 0.15) is 18.1 Å². The fourth-order valence-corrected chi connectivity index (χ4v) is 3.28. The van der Waals surface area contributed by atoms with E-state index in [1.807, 2.05) is 0 Å². The third kappa shape index (κ3) is 2.68. The third-order valence-electron chi connectivity index (χ3n) is 2.54. The van der Waals surface area contributed by atoms with Gasteiger partial charge in [-0.2, -0.15) is 4.31 Å². The van der Waals surface area contributed by atoms with E-state index in [0.717, 1.165) is 4.31 Å². The summed E-state index contributed by atoms with van der Waals surface area (Å²) in [5, 5.41) is 12.5. The van der Waals surface area contributed by atoms with Crippen molar-refractivity contribution in [3.05, 3.63) is 18.0 Å². The second-order valence-electron chi connectivity index (χ2n) is 3.79. The first-order valence-electron chi connectivity index (χ1n) is 5.20. The molecular weight excluding hydrogens is 264 g/mol. The van der Waals surface area contributed by atoms with Crippen LogP contribution in [0.2, 0.25) is 0 Å². The van der Waals surface area contributed by atoms with Crippen LogP contribution < -0.4 is 0 Å². The third-order valence-corrected chi connectivity index (χ3v) is 4.36. The maximum absolute atomic E-state index is 12.1. The number of morpholine rings is 1. The second kappa shape index (κ2) is 5.04. The summed E-state index contributed by atoms with van der Waals surface area (Å²) in [6.45, 7) is 0.0619. The Bertz CT molecular complexity index is 511. The lowest BCUT2D eigenvalue weighted by Crippen LogP contribution is -2.52. The largest absolute Gasteiger partial charge is 0.480 e. The molecule has 0 amide bonds. The first-order chi connectivity index (χ1) is 8.50. The van der Waals surface area contributed by atoms with Gasteiger partial charge in [0.2, 0.25) is 10.0 Å². The summed E-state index contributed by atoms with van der Waals surface area (Å²) < 4.78 is 34.7. The lowest BCUT2D eigenvalue weighted by atomic mass is 10.3. The molecular formula is C9H12N2O6S. The average Bonchev–Trinajstić information content (AvgIpc) is 2.81. The molecule has 8 nitrogen and oxygen atoms in total. The molecule has 2 rings (SSSR count). The number of aliphatic carboxylic acids is 1. The van der Waals surface area contributed by atoms with Crippen molar-refractivity contribution in [2.45, 2.75) is 11.8 Å². The number of carbonyl (C=O) groups is 1. The van der Waals surface area contributed by atoms with Crippen LogP contribution in [0.1, 0.15) is 5.69 Å². The van der Waals surface area contributed by atoms with Gasteiger partial charge >= 0.3 is 5.97 Å². The monoisotopic (exact) mass is 276 g/mol. The van der Waals surface area contributed by atoms with E-state index in [1.165, 1.54) is 12.3 Å². The molecule has 1 atom stereocenters. The van der Waals surface area contributed by atoms with E-state index in [9.17, 15) is 13.2 Å². The topological polar surface area (TPSA) is 110 Å². The van der Waals surface area contributed by atoms with Gasteiger partial charge in [0, 0.05) is 12.6 Å². The van der Waals surface area contributed by atoms with Crippen molar-refractivity contribution in [3.8, 4) is 0 Å². The van der Waals surface area contributed by atoms with E-state index >= 15 is 0 Å². The smallest absolute Gasteiger partial charge is 0.324 e. The minimum absolute atomic E-state index is 0.0250. The van der Waals surface area contributed by atoms with Crippen LogP contribution in [0, 0.1) is 0 Å². The van der Waals surface area contributed by atoms with Crippen LogP contribution >= 0.6 is 0 Å². The van der Waals surface area contributed by atoms with Crippen molar-refractivity contribution in [1.82, 2.24) is 9.46 Å². The van der Waals surface area contributed by atoms with Gasteiger partial charge in [-0.25, -0.2) is 8.42 Å². The number of hydrogen-bond acceptors (Lipinski definition) is 6. The molecule has 0 spiro atoms. The first-order valence-corrected chi connectivity index (χ1v) is 6.81. The fraction of sp³-hybridized carbons (Fsp3) is 0.556. The van der Waals surface area contributed by atoms with E-state index in [4.69, 9.17) is 9.84 Å². The van der Waals surface area contributed by atoms with E-state index in [-0.39, 0.29) is 31.2 Å². The number of sulfonamides is 1. The summed E-state index contributed by atoms with van der Waals surface area (Å²) in [4.78, 5) is 11.0. The number of rotatable bonds is 4. The van der Waals surface area contributed by atoms with E-state index < -0.39 is 22.0 Å². The lowest BCUT2D eigenvalue weighted by Gasteiger charge is -2.31. The lowest BCUT2D eigenvalue weighted by molar-refractivity contribution is -0.146. The Morgan fingerprint density at radius 1 is 1.61 bits per heavy atom. The Kier molecular flexibility index (Phi) is 3.64. The summed E-state index contributed by atoms with van der Waals surface area (Å²) in [5.41, 5.74) is 0.241. The molecule has 100 valence electrons. The zero-order valence-electron chi connectivity index (χ0n) is 9.35. The molecule has 0 aromatic carbocycles. The van der Waals surface area contributed by atoms with Crippen molar-refractivity contribution in [3.63, 3.8) is 0 Å². The van der Waals surface area contributed by atoms with Gasteiger partial charge in [-0.3, -0.25) is 4.79 Å². The van der Waals surface area contributed by atoms with Crippen molar-refractivity contribution in [2.24, 2.45) is 0 Å². The summed E-state index contributed by atoms with van der Waals surface area (Å²) in [5.74, 6) is -1.61. The number of aromatic nitrogens is 1. The minimum Gasteiger partial charge on any atom is -0.480 e. The molecule has 1 aromatic heterocycles. The zero-order valence-corrected chi connectivity index (χ0v) is 10.2. The Hall–Kier alpha value is -1.45. The van der Waals surface area contributed by atoms with Crippen LogP contribution in [0.5, 0.6) is 0 Å². The molecule has 1 aromatic rings. The molecule has 1 fully saturated rings. The van der Waals surface area contributed by atoms with Crippen LogP contribution in [0.25, 0.3) is 0 Å². The van der Waals surface area contributed by atoms with Crippen LogP contribution in [-0.2, 0) is 25.3 Å². The number of ether oxygens (including phenoxy) is 1. The van der Waals surface area contributed by atoms with Crippen LogP contribution in [-0.4, -0.2) is 54.8 Å². The molecule has 1 saturated heterocycles. The van der Waals surface area contributed by atoms with Crippen LogP contribution in [0.4, 0.5) is 0 Å². The Labute approximate surface area is 103 Å². The average molecular weight is 276 g/mol. The van der Waals surface area contributed by atoms with Gasteiger partial charge in [0.05, 0.1) is 18.9 Å². The Balaban J connectivity index is 2.19. The highest BCUT2D eigenvalue weighted by atomic mass is 32.2. The van der Waals surface area contributed by atoms with Gasteiger partial charge in [-0.05, 0) is 0 Å². The minimum atomic E-state index is -3.75. The van der Waals surface area contributed by atoms with Crippen molar-refractivity contribution in [2.75, 3.05) is 19.8 Å². The molecule has 1 aliphatic heterocycles. The highest BCUT2D eigenvalue weighted by Gasteiger charge is 2.37. The SMILES string of the molecule is O=C(O)C1COCCN1S(=O)(=O)Cc1ccon1. The second-order valence-corrected chi connectivity index (χ2v) is 5.71. The zero-order chi connectivity index (χ0) is 13.2. The first kappa shape index (κ1) is 13.0. The summed E-state index contributed by atoms with van der Waals surface area (Å²) >= 11 is 0. The maximum atomic E-state index is 12.1. The molecule has 0 aliphatic carbocycles. The molecule has 1 aliphatic rings. The highest BCUT2D eigenvalue weighted by molar-refractivity contribution is 7.88. The quantitative estimate of drug-likeness (QED) is 0.773. The molecule has 9 heteroatoms. The van der Waals surface area contributed by atoms with Gasteiger partial charge in [-0.15, -0.1) is 0 Å². The normalized spacial score (nSPS) is 21.9. The molecule has 1 unspecified atom stereocenters. The predicted octanol–water partition coefficient (Wildman–Crippen LogP) is -0.710. The van der Waals surface area contributed by atoms with Gasteiger partial charge in [0.25, 0.3) is 0 Å².